The topological polar surface area (TPSA) is 90.0 Å². The molecule has 1 amide bonds. The van der Waals surface area contributed by atoms with Gasteiger partial charge < -0.3 is 9.73 Å². The highest BCUT2D eigenvalue weighted by Crippen LogP contribution is 2.21. The summed E-state index contributed by atoms with van der Waals surface area (Å²) in [5.74, 6) is -0.0238. The van der Waals surface area contributed by atoms with Crippen molar-refractivity contribution in [3.8, 4) is 0 Å². The normalized spacial score (nSPS) is 10.8. The standard InChI is InChI=1S/C15H14N4O3S/c1-3-5-19-8-18-14-12(15(19)21)11(9(2)22-14)13(20)17-7-10-16-4-6-23-10/h3-4,6,8H,1,5,7H2,2H3,(H,17,20). The highest BCUT2D eigenvalue weighted by Gasteiger charge is 2.22. The summed E-state index contributed by atoms with van der Waals surface area (Å²) in [6.45, 7) is 5.85. The maximum atomic E-state index is 12.5. The van der Waals surface area contributed by atoms with Crippen LogP contribution in [0.4, 0.5) is 0 Å². The van der Waals surface area contributed by atoms with Crippen molar-refractivity contribution in [3.63, 3.8) is 0 Å². The molecule has 0 aliphatic heterocycles. The predicted molar refractivity (Wildman–Crippen MR) is 86.5 cm³/mol. The Morgan fingerprint density at radius 3 is 3.04 bits per heavy atom. The molecular weight excluding hydrogens is 316 g/mol. The second-order valence-electron chi connectivity index (χ2n) is 4.81. The molecule has 3 aromatic heterocycles. The van der Waals surface area contributed by atoms with Crippen molar-refractivity contribution in [2.24, 2.45) is 0 Å². The average molecular weight is 330 g/mol. The van der Waals surface area contributed by atoms with Gasteiger partial charge in [0.05, 0.1) is 12.1 Å². The number of furan rings is 1. The number of carbonyl (C=O) groups is 1. The Morgan fingerprint density at radius 1 is 1.52 bits per heavy atom. The zero-order valence-corrected chi connectivity index (χ0v) is 13.2. The molecule has 0 saturated carbocycles. The number of amides is 1. The van der Waals surface area contributed by atoms with E-state index in [1.165, 1.54) is 22.2 Å². The van der Waals surface area contributed by atoms with Gasteiger partial charge in [-0.15, -0.1) is 17.9 Å². The van der Waals surface area contributed by atoms with Gasteiger partial charge in [0.15, 0.2) is 0 Å². The molecule has 0 aliphatic rings. The molecule has 0 aliphatic carbocycles. The predicted octanol–water partition coefficient (Wildman–Crippen LogP) is 1.87. The minimum absolute atomic E-state index is 0.159. The molecule has 0 atom stereocenters. The number of hydrogen-bond acceptors (Lipinski definition) is 6. The summed E-state index contributed by atoms with van der Waals surface area (Å²) in [4.78, 5) is 33.2. The zero-order chi connectivity index (χ0) is 16.4. The fourth-order valence-electron chi connectivity index (χ4n) is 2.26. The van der Waals surface area contributed by atoms with E-state index in [2.05, 4.69) is 21.9 Å². The van der Waals surface area contributed by atoms with E-state index in [4.69, 9.17) is 4.42 Å². The van der Waals surface area contributed by atoms with Crippen molar-refractivity contribution >= 4 is 28.3 Å². The van der Waals surface area contributed by atoms with E-state index in [9.17, 15) is 9.59 Å². The Balaban J connectivity index is 2.00. The lowest BCUT2D eigenvalue weighted by Crippen LogP contribution is -2.26. The summed E-state index contributed by atoms with van der Waals surface area (Å²) < 4.78 is 6.82. The molecule has 0 fully saturated rings. The van der Waals surface area contributed by atoms with Gasteiger partial charge in [-0.3, -0.25) is 14.2 Å². The van der Waals surface area contributed by atoms with Gasteiger partial charge in [0, 0.05) is 18.1 Å². The minimum Gasteiger partial charge on any atom is -0.442 e. The van der Waals surface area contributed by atoms with Gasteiger partial charge in [-0.05, 0) is 6.92 Å². The van der Waals surface area contributed by atoms with Crippen molar-refractivity contribution in [2.75, 3.05) is 0 Å². The third-order valence-corrected chi connectivity index (χ3v) is 4.07. The van der Waals surface area contributed by atoms with Crippen LogP contribution in [0.5, 0.6) is 0 Å². The van der Waals surface area contributed by atoms with E-state index in [0.717, 1.165) is 5.01 Å². The monoisotopic (exact) mass is 330 g/mol. The van der Waals surface area contributed by atoms with Crippen LogP contribution in [0.2, 0.25) is 0 Å². The molecule has 23 heavy (non-hydrogen) atoms. The van der Waals surface area contributed by atoms with Gasteiger partial charge >= 0.3 is 0 Å². The Kier molecular flexibility index (Phi) is 4.07. The Labute approximate surface area is 135 Å². The van der Waals surface area contributed by atoms with Gasteiger partial charge in [0.1, 0.15) is 22.5 Å². The second-order valence-corrected chi connectivity index (χ2v) is 5.79. The molecule has 7 nitrogen and oxygen atoms in total. The van der Waals surface area contributed by atoms with Gasteiger partial charge in [-0.1, -0.05) is 6.08 Å². The molecule has 0 spiro atoms. The van der Waals surface area contributed by atoms with E-state index >= 15 is 0 Å². The number of thiazole rings is 1. The van der Waals surface area contributed by atoms with Gasteiger partial charge in [-0.2, -0.15) is 0 Å². The van der Waals surface area contributed by atoms with Crippen LogP contribution in [-0.2, 0) is 13.1 Å². The van der Waals surface area contributed by atoms with Crippen LogP contribution in [0.25, 0.3) is 11.1 Å². The van der Waals surface area contributed by atoms with E-state index in [-0.39, 0.29) is 28.1 Å². The maximum Gasteiger partial charge on any atom is 0.265 e. The van der Waals surface area contributed by atoms with Crippen molar-refractivity contribution in [3.05, 3.63) is 57.2 Å². The van der Waals surface area contributed by atoms with Gasteiger partial charge in [-0.25, -0.2) is 9.97 Å². The molecule has 3 rings (SSSR count). The molecule has 3 aromatic rings. The number of rotatable bonds is 5. The van der Waals surface area contributed by atoms with Gasteiger partial charge in [0.25, 0.3) is 11.5 Å². The van der Waals surface area contributed by atoms with Crippen LogP contribution >= 0.6 is 11.3 Å². The highest BCUT2D eigenvalue weighted by atomic mass is 32.1. The first-order chi connectivity index (χ1) is 11.1. The van der Waals surface area contributed by atoms with E-state index in [1.54, 1.807) is 19.2 Å². The highest BCUT2D eigenvalue weighted by molar-refractivity contribution is 7.09. The largest absolute Gasteiger partial charge is 0.442 e. The molecule has 3 heterocycles. The van der Waals surface area contributed by atoms with Crippen molar-refractivity contribution in [1.82, 2.24) is 19.9 Å². The number of nitrogens with zero attached hydrogens (tertiary/aromatic N) is 3. The summed E-state index contributed by atoms with van der Waals surface area (Å²) >= 11 is 1.44. The molecule has 1 N–H and O–H groups in total. The molecule has 0 aromatic carbocycles. The Bertz CT molecular complexity index is 924. The summed E-state index contributed by atoms with van der Waals surface area (Å²) in [5.41, 5.74) is 0.0471. The van der Waals surface area contributed by atoms with Crippen molar-refractivity contribution in [1.29, 1.82) is 0 Å². The van der Waals surface area contributed by atoms with Crippen LogP contribution in [0.15, 0.2) is 39.8 Å². The number of fused-ring (bicyclic) bond motifs is 1. The van der Waals surface area contributed by atoms with Crippen LogP contribution in [-0.4, -0.2) is 20.4 Å². The lowest BCUT2D eigenvalue weighted by molar-refractivity contribution is 0.0950. The molecule has 8 heteroatoms. The average Bonchev–Trinajstić information content (AvgIpc) is 3.15. The molecule has 0 unspecified atom stereocenters. The molecule has 0 radical (unpaired) electrons. The minimum atomic E-state index is -0.383. The number of allylic oxidation sites excluding steroid dienone is 1. The van der Waals surface area contributed by atoms with E-state index < -0.39 is 0 Å². The number of hydrogen-bond donors (Lipinski definition) is 1. The third-order valence-electron chi connectivity index (χ3n) is 3.29. The third kappa shape index (κ3) is 2.80. The van der Waals surface area contributed by atoms with Crippen LogP contribution in [0.3, 0.4) is 0 Å². The van der Waals surface area contributed by atoms with Crippen LogP contribution in [0, 0.1) is 6.92 Å². The molecule has 0 saturated heterocycles. The Morgan fingerprint density at radius 2 is 2.35 bits per heavy atom. The smallest absolute Gasteiger partial charge is 0.265 e. The first-order valence-corrected chi connectivity index (χ1v) is 7.75. The molecular formula is C15H14N4O3S. The number of aryl methyl sites for hydroxylation is 1. The van der Waals surface area contributed by atoms with Crippen LogP contribution in [0.1, 0.15) is 21.1 Å². The summed E-state index contributed by atoms with van der Waals surface area (Å²) in [6, 6.07) is 0. The SMILES string of the molecule is C=CCn1cnc2oc(C)c(C(=O)NCc3nccs3)c2c1=O. The first kappa shape index (κ1) is 15.2. The first-order valence-electron chi connectivity index (χ1n) is 6.87. The second kappa shape index (κ2) is 6.17. The van der Waals surface area contributed by atoms with Crippen molar-refractivity contribution < 1.29 is 9.21 Å². The quantitative estimate of drug-likeness (QED) is 0.721. The van der Waals surface area contributed by atoms with Gasteiger partial charge in [0.2, 0.25) is 5.71 Å². The zero-order valence-electron chi connectivity index (χ0n) is 12.4. The Hall–Kier alpha value is -2.74. The summed E-state index contributed by atoms with van der Waals surface area (Å²) in [5, 5.41) is 5.55. The number of nitrogens with one attached hydrogen (secondary N) is 1. The lowest BCUT2D eigenvalue weighted by Gasteiger charge is -2.03. The molecule has 118 valence electrons. The summed E-state index contributed by atoms with van der Waals surface area (Å²) in [7, 11) is 0. The van der Waals surface area contributed by atoms with Crippen LogP contribution < -0.4 is 10.9 Å². The van der Waals surface area contributed by atoms with E-state index in [1.807, 2.05) is 5.38 Å². The maximum absolute atomic E-state index is 12.5. The summed E-state index contributed by atoms with van der Waals surface area (Å²) in [6.07, 6.45) is 4.64. The lowest BCUT2D eigenvalue weighted by atomic mass is 10.2. The van der Waals surface area contributed by atoms with E-state index in [0.29, 0.717) is 18.8 Å². The number of aromatic nitrogens is 3. The molecule has 0 bridgehead atoms. The fraction of sp³-hybridized carbons (Fsp3) is 0.200. The number of carbonyl (C=O) groups excluding carboxylic acids is 1. The fourth-order valence-corrected chi connectivity index (χ4v) is 2.82. The van der Waals surface area contributed by atoms with Crippen molar-refractivity contribution in [2.45, 2.75) is 20.0 Å².